The fourth-order valence-electron chi connectivity index (χ4n) is 6.17. The van der Waals surface area contributed by atoms with Crippen LogP contribution in [0, 0.1) is 17.0 Å². The van der Waals surface area contributed by atoms with E-state index in [1.54, 1.807) is 18.5 Å². The maximum absolute atomic E-state index is 14.3. The van der Waals surface area contributed by atoms with Gasteiger partial charge in [-0.05, 0) is 50.8 Å². The number of carbonyl (C=O) groups is 2. The second-order valence-electron chi connectivity index (χ2n) is 12.6. The van der Waals surface area contributed by atoms with Gasteiger partial charge in [-0.15, -0.1) is 10.2 Å². The molecule has 2 aliphatic rings. The summed E-state index contributed by atoms with van der Waals surface area (Å²) in [4.78, 5) is 37.9. The summed E-state index contributed by atoms with van der Waals surface area (Å²) in [5.74, 6) is -1.09. The lowest BCUT2D eigenvalue weighted by atomic mass is 9.68. The normalized spacial score (nSPS) is 22.7. The number of hydrogen-bond donors (Lipinski definition) is 1. The molecule has 2 aromatic heterocycles. The van der Waals surface area contributed by atoms with Gasteiger partial charge in [0.05, 0.1) is 5.60 Å². The summed E-state index contributed by atoms with van der Waals surface area (Å²) in [5, 5.41) is 18.7. The van der Waals surface area contributed by atoms with Gasteiger partial charge in [-0.3, -0.25) is 14.5 Å². The molecule has 218 valence electrons. The Hall–Kier alpha value is -3.02. The highest BCUT2D eigenvalue weighted by molar-refractivity contribution is 7.16. The van der Waals surface area contributed by atoms with E-state index in [2.05, 4.69) is 25.1 Å². The van der Waals surface area contributed by atoms with Crippen molar-refractivity contribution in [3.63, 3.8) is 0 Å². The minimum absolute atomic E-state index is 0.0350. The number of aromatic nitrogens is 4. The second-order valence-corrected chi connectivity index (χ2v) is 13.6. The fourth-order valence-corrected chi connectivity index (χ4v) is 6.98. The van der Waals surface area contributed by atoms with E-state index >= 15 is 0 Å². The Labute approximate surface area is 242 Å². The number of benzene rings is 1. The molecule has 0 spiro atoms. The van der Waals surface area contributed by atoms with Crippen molar-refractivity contribution in [1.82, 2.24) is 25.1 Å². The van der Waals surface area contributed by atoms with Crippen molar-refractivity contribution in [3.8, 4) is 10.6 Å². The first kappa shape index (κ1) is 29.5. The molecule has 1 aromatic carbocycles. The molecule has 0 unspecified atom stereocenters. The Balaban J connectivity index is 1.31. The number of rotatable bonds is 10. The molecule has 0 bridgehead atoms. The Bertz CT molecular complexity index is 1410. The molecule has 1 N–H and O–H groups in total. The van der Waals surface area contributed by atoms with Crippen LogP contribution in [-0.4, -0.2) is 66.5 Å². The van der Waals surface area contributed by atoms with Crippen molar-refractivity contribution in [3.05, 3.63) is 59.1 Å². The van der Waals surface area contributed by atoms with Gasteiger partial charge < -0.3 is 5.11 Å². The third kappa shape index (κ3) is 6.73. The molecule has 0 atom stereocenters. The van der Waals surface area contributed by atoms with E-state index in [0.717, 1.165) is 49.2 Å². The molecule has 3 heterocycles. The predicted molar refractivity (Wildman–Crippen MR) is 150 cm³/mol. The lowest BCUT2D eigenvalue weighted by Gasteiger charge is -2.54. The number of nitrogens with zero attached hydrogens (tertiary/aromatic N) is 5. The molecule has 1 aliphatic carbocycles. The molecular weight excluding hydrogens is 548 g/mol. The average Bonchev–Trinajstić information content (AvgIpc) is 3.37. The van der Waals surface area contributed by atoms with Gasteiger partial charge in [0.2, 0.25) is 0 Å². The highest BCUT2D eigenvalue weighted by Gasteiger charge is 2.49. The summed E-state index contributed by atoms with van der Waals surface area (Å²) in [7, 11) is 0. The van der Waals surface area contributed by atoms with Crippen LogP contribution in [0.4, 0.5) is 8.78 Å². The number of carbonyl (C=O) groups excluding carboxylic acids is 2. The van der Waals surface area contributed by atoms with Crippen molar-refractivity contribution in [2.75, 3.05) is 13.1 Å². The molecule has 0 radical (unpaired) electrons. The number of halogens is 2. The monoisotopic (exact) mass is 583 g/mol. The topological polar surface area (TPSA) is 109 Å². The van der Waals surface area contributed by atoms with Crippen LogP contribution in [0.5, 0.6) is 0 Å². The van der Waals surface area contributed by atoms with Gasteiger partial charge in [0, 0.05) is 73.2 Å². The average molecular weight is 584 g/mol. The first-order chi connectivity index (χ1) is 19.3. The molecule has 8 nitrogen and oxygen atoms in total. The minimum atomic E-state index is -0.770. The van der Waals surface area contributed by atoms with Crippen molar-refractivity contribution in [2.24, 2.45) is 5.41 Å². The number of ketones is 2. The number of aliphatic hydroxyl groups is 1. The van der Waals surface area contributed by atoms with Crippen LogP contribution in [0.2, 0.25) is 0 Å². The van der Waals surface area contributed by atoms with Crippen LogP contribution >= 0.6 is 11.3 Å². The summed E-state index contributed by atoms with van der Waals surface area (Å²) >= 11 is 0.967. The maximum atomic E-state index is 14.3. The first-order valence-corrected chi connectivity index (χ1v) is 14.7. The number of hydrogen-bond acceptors (Lipinski definition) is 9. The summed E-state index contributed by atoms with van der Waals surface area (Å²) < 4.78 is 27.7. The van der Waals surface area contributed by atoms with Crippen LogP contribution < -0.4 is 0 Å². The predicted octanol–water partition coefficient (Wildman–Crippen LogP) is 5.17. The lowest BCUT2D eigenvalue weighted by Crippen LogP contribution is -2.62. The highest BCUT2D eigenvalue weighted by atomic mass is 32.1. The van der Waals surface area contributed by atoms with Crippen molar-refractivity contribution in [1.29, 1.82) is 0 Å². The van der Waals surface area contributed by atoms with E-state index in [0.29, 0.717) is 25.0 Å². The second kappa shape index (κ2) is 11.3. The molecule has 11 heteroatoms. The van der Waals surface area contributed by atoms with Gasteiger partial charge in [-0.2, -0.15) is 0 Å². The smallest absolute Gasteiger partial charge is 0.194 e. The molecule has 1 saturated carbocycles. The van der Waals surface area contributed by atoms with Crippen LogP contribution in [-0.2, 0) is 10.2 Å². The van der Waals surface area contributed by atoms with Gasteiger partial charge in [-0.25, -0.2) is 18.7 Å². The van der Waals surface area contributed by atoms with Gasteiger partial charge in [-0.1, -0.05) is 25.2 Å². The third-order valence-electron chi connectivity index (χ3n) is 8.37. The zero-order valence-electron chi connectivity index (χ0n) is 23.6. The Morgan fingerprint density at radius 3 is 2.44 bits per heavy atom. The van der Waals surface area contributed by atoms with Crippen LogP contribution in [0.25, 0.3) is 10.6 Å². The zero-order chi connectivity index (χ0) is 29.4. The van der Waals surface area contributed by atoms with E-state index < -0.39 is 28.1 Å². The van der Waals surface area contributed by atoms with Crippen molar-refractivity contribution in [2.45, 2.75) is 82.8 Å². The number of likely N-dealkylation sites (tertiary alicyclic amines) is 1. The van der Waals surface area contributed by atoms with Gasteiger partial charge in [0.1, 0.15) is 23.2 Å². The van der Waals surface area contributed by atoms with Crippen LogP contribution in [0.1, 0.15) is 81.3 Å². The Morgan fingerprint density at radius 2 is 1.78 bits per heavy atom. The lowest BCUT2D eigenvalue weighted by molar-refractivity contribution is -0.128. The van der Waals surface area contributed by atoms with Gasteiger partial charge in [0.15, 0.2) is 15.8 Å². The Kier molecular flexibility index (Phi) is 8.15. The summed E-state index contributed by atoms with van der Waals surface area (Å²) in [6.45, 7) is 6.94. The zero-order valence-corrected chi connectivity index (χ0v) is 24.4. The van der Waals surface area contributed by atoms with Crippen LogP contribution in [0.15, 0.2) is 36.7 Å². The van der Waals surface area contributed by atoms with E-state index in [1.807, 2.05) is 20.8 Å². The molecule has 1 saturated heterocycles. The van der Waals surface area contributed by atoms with E-state index in [4.69, 9.17) is 0 Å². The molecule has 5 rings (SSSR count). The minimum Gasteiger partial charge on any atom is -0.390 e. The van der Waals surface area contributed by atoms with E-state index in [1.165, 1.54) is 6.07 Å². The Morgan fingerprint density at radius 1 is 1.10 bits per heavy atom. The standard InChI is InChI=1S/C30H35F2N5O3S/c1-28(2,27-33-11-4-12-34-27)14-21(38)15-30(17-37(18-30)20-7-9-29(3,40)10-8-20)16-24(39)26-36-35-25(41-26)22-6-5-19(31)13-23(22)32/h4-6,11-13,20,40H,7-10,14-18H2,1-3H3. The van der Waals surface area contributed by atoms with Gasteiger partial charge >= 0.3 is 0 Å². The first-order valence-electron chi connectivity index (χ1n) is 13.9. The fraction of sp³-hybridized carbons (Fsp3) is 0.533. The van der Waals surface area contributed by atoms with E-state index in [9.17, 15) is 23.5 Å². The van der Waals surface area contributed by atoms with Crippen molar-refractivity contribution < 1.29 is 23.5 Å². The largest absolute Gasteiger partial charge is 0.390 e. The molecule has 3 aromatic rings. The third-order valence-corrected chi connectivity index (χ3v) is 9.37. The quantitative estimate of drug-likeness (QED) is 0.326. The summed E-state index contributed by atoms with van der Waals surface area (Å²) in [6, 6.07) is 5.23. The van der Waals surface area contributed by atoms with E-state index in [-0.39, 0.29) is 46.4 Å². The summed E-state index contributed by atoms with van der Waals surface area (Å²) in [5.41, 5.74) is -1.68. The molecule has 41 heavy (non-hydrogen) atoms. The molecular formula is C30H35F2N5O3S. The van der Waals surface area contributed by atoms with Gasteiger partial charge in [0.25, 0.3) is 0 Å². The number of Topliss-reactive ketones (excluding diaryl/α,β-unsaturated/α-hetero) is 2. The highest BCUT2D eigenvalue weighted by Crippen LogP contribution is 2.44. The molecule has 1 aliphatic heterocycles. The molecule has 0 amide bonds. The SMILES string of the molecule is CC1(O)CCC(N2CC(CC(=O)CC(C)(C)c3ncccn3)(CC(=O)c3nnc(-c4ccc(F)cc4F)s3)C2)CC1. The van der Waals surface area contributed by atoms with Crippen molar-refractivity contribution >= 4 is 22.9 Å². The van der Waals surface area contributed by atoms with Crippen LogP contribution in [0.3, 0.4) is 0 Å². The maximum Gasteiger partial charge on any atom is 0.194 e. The summed E-state index contributed by atoms with van der Waals surface area (Å²) in [6.07, 6.45) is 7.08. The molecule has 2 fully saturated rings.